The van der Waals surface area contributed by atoms with Gasteiger partial charge in [0.05, 0.1) is 13.2 Å². The number of hydrogen-bond donors (Lipinski definition) is 0. The van der Waals surface area contributed by atoms with Gasteiger partial charge in [0.2, 0.25) is 0 Å². The van der Waals surface area contributed by atoms with Crippen molar-refractivity contribution in [2.75, 3.05) is 19.8 Å². The third-order valence-corrected chi connectivity index (χ3v) is 3.09. The molecule has 0 spiro atoms. The molecular weight excluding hydrogens is 228 g/mol. The molecule has 5 heteroatoms. The van der Waals surface area contributed by atoms with Crippen molar-refractivity contribution in [1.29, 1.82) is 0 Å². The van der Waals surface area contributed by atoms with E-state index in [0.717, 1.165) is 5.56 Å². The van der Waals surface area contributed by atoms with Gasteiger partial charge in [-0.1, -0.05) is 30.3 Å². The molecular formula is C11H16O4S. The zero-order valence-corrected chi connectivity index (χ0v) is 10.1. The average molecular weight is 244 g/mol. The highest BCUT2D eigenvalue weighted by molar-refractivity contribution is 7.85. The summed E-state index contributed by atoms with van der Waals surface area (Å²) in [6.45, 7) is 2.77. The molecule has 0 aliphatic heterocycles. The van der Waals surface area contributed by atoms with Crippen molar-refractivity contribution in [3.8, 4) is 0 Å². The zero-order chi connectivity index (χ0) is 11.9. The second-order valence-corrected chi connectivity index (χ2v) is 4.85. The Morgan fingerprint density at radius 3 is 2.44 bits per heavy atom. The first-order valence-corrected chi connectivity index (χ1v) is 6.70. The average Bonchev–Trinajstić information content (AvgIpc) is 2.25. The van der Waals surface area contributed by atoms with Crippen molar-refractivity contribution in [2.24, 2.45) is 0 Å². The van der Waals surface area contributed by atoms with Gasteiger partial charge in [-0.15, -0.1) is 0 Å². The van der Waals surface area contributed by atoms with Crippen LogP contribution >= 0.6 is 0 Å². The Bertz CT molecular complexity index is 386. The first-order chi connectivity index (χ1) is 7.64. The summed E-state index contributed by atoms with van der Waals surface area (Å²) in [5, 5.41) is 0. The monoisotopic (exact) mass is 244 g/mol. The van der Waals surface area contributed by atoms with Crippen LogP contribution in [0.25, 0.3) is 0 Å². The van der Waals surface area contributed by atoms with Crippen LogP contribution in [-0.2, 0) is 24.8 Å². The van der Waals surface area contributed by atoms with Crippen molar-refractivity contribution in [2.45, 2.75) is 12.7 Å². The van der Waals surface area contributed by atoms with E-state index in [9.17, 15) is 8.42 Å². The van der Waals surface area contributed by atoms with Crippen molar-refractivity contribution in [3.63, 3.8) is 0 Å². The Labute approximate surface area is 96.3 Å². The Kier molecular flexibility index (Phi) is 5.45. The molecule has 0 radical (unpaired) electrons. The maximum Gasteiger partial charge on any atom is 0.271 e. The molecule has 1 aromatic rings. The van der Waals surface area contributed by atoms with Gasteiger partial charge in [-0.05, 0) is 12.5 Å². The van der Waals surface area contributed by atoms with Crippen molar-refractivity contribution in [1.82, 2.24) is 0 Å². The van der Waals surface area contributed by atoms with Crippen molar-refractivity contribution >= 4 is 10.1 Å². The van der Waals surface area contributed by atoms with E-state index >= 15 is 0 Å². The zero-order valence-electron chi connectivity index (χ0n) is 9.26. The highest BCUT2D eigenvalue weighted by atomic mass is 32.2. The van der Waals surface area contributed by atoms with Gasteiger partial charge >= 0.3 is 0 Å². The molecule has 90 valence electrons. The smallest absolute Gasteiger partial charge is 0.271 e. The molecule has 4 nitrogen and oxygen atoms in total. The van der Waals surface area contributed by atoms with Gasteiger partial charge < -0.3 is 4.74 Å². The minimum absolute atomic E-state index is 0.0724. The molecule has 0 unspecified atom stereocenters. The lowest BCUT2D eigenvalue weighted by Crippen LogP contribution is -2.13. The molecule has 0 amide bonds. The van der Waals surface area contributed by atoms with E-state index in [1.54, 1.807) is 24.3 Å². The summed E-state index contributed by atoms with van der Waals surface area (Å²) in [4.78, 5) is 0. The standard InChI is InChI=1S/C11H16O4S/c1-2-14-8-9-15-16(12,13)10-11-6-4-3-5-7-11/h3-7H,2,8-10H2,1H3. The van der Waals surface area contributed by atoms with Crippen LogP contribution in [-0.4, -0.2) is 28.2 Å². The fraction of sp³-hybridized carbons (Fsp3) is 0.455. The van der Waals surface area contributed by atoms with Gasteiger partial charge in [0.25, 0.3) is 10.1 Å². The van der Waals surface area contributed by atoms with Crippen LogP contribution in [0.4, 0.5) is 0 Å². The van der Waals surface area contributed by atoms with E-state index < -0.39 is 10.1 Å². The van der Waals surface area contributed by atoms with Crippen LogP contribution in [0.5, 0.6) is 0 Å². The van der Waals surface area contributed by atoms with Gasteiger partial charge in [0.15, 0.2) is 0 Å². The van der Waals surface area contributed by atoms with Crippen molar-refractivity contribution < 1.29 is 17.3 Å². The second kappa shape index (κ2) is 6.62. The van der Waals surface area contributed by atoms with Crippen LogP contribution in [0.1, 0.15) is 12.5 Å². The molecule has 0 bridgehead atoms. The van der Waals surface area contributed by atoms with Crippen LogP contribution in [0.3, 0.4) is 0 Å². The largest absolute Gasteiger partial charge is 0.379 e. The molecule has 0 aromatic heterocycles. The van der Waals surface area contributed by atoms with Gasteiger partial charge in [-0.2, -0.15) is 8.42 Å². The van der Waals surface area contributed by atoms with Gasteiger partial charge in [0, 0.05) is 6.61 Å². The fourth-order valence-corrected chi connectivity index (χ4v) is 2.19. The Morgan fingerprint density at radius 2 is 1.81 bits per heavy atom. The molecule has 0 N–H and O–H groups in total. The molecule has 0 aliphatic rings. The molecule has 0 fully saturated rings. The van der Waals surface area contributed by atoms with Crippen LogP contribution in [0.2, 0.25) is 0 Å². The molecule has 16 heavy (non-hydrogen) atoms. The summed E-state index contributed by atoms with van der Waals surface area (Å²) in [5.74, 6) is -0.0973. The van der Waals surface area contributed by atoms with E-state index in [2.05, 4.69) is 0 Å². The number of rotatable bonds is 7. The Morgan fingerprint density at radius 1 is 1.12 bits per heavy atom. The summed E-state index contributed by atoms with van der Waals surface area (Å²) in [5.41, 5.74) is 0.721. The Balaban J connectivity index is 2.40. The number of hydrogen-bond acceptors (Lipinski definition) is 4. The summed E-state index contributed by atoms with van der Waals surface area (Å²) in [7, 11) is -3.50. The molecule has 0 aliphatic carbocycles. The predicted octanol–water partition coefficient (Wildman–Crippen LogP) is 1.57. The maximum atomic E-state index is 11.5. The van der Waals surface area contributed by atoms with E-state index in [1.165, 1.54) is 0 Å². The molecule has 0 heterocycles. The highest BCUT2D eigenvalue weighted by Gasteiger charge is 2.11. The van der Waals surface area contributed by atoms with E-state index in [0.29, 0.717) is 13.2 Å². The molecule has 0 saturated heterocycles. The fourth-order valence-electron chi connectivity index (χ4n) is 1.18. The summed E-state index contributed by atoms with van der Waals surface area (Å²) in [6, 6.07) is 8.94. The third kappa shape index (κ3) is 5.25. The summed E-state index contributed by atoms with van der Waals surface area (Å²) >= 11 is 0. The van der Waals surface area contributed by atoms with Gasteiger partial charge in [-0.3, -0.25) is 4.18 Å². The van der Waals surface area contributed by atoms with Crippen LogP contribution in [0.15, 0.2) is 30.3 Å². The van der Waals surface area contributed by atoms with Crippen LogP contribution in [0, 0.1) is 0 Å². The van der Waals surface area contributed by atoms with Crippen LogP contribution < -0.4 is 0 Å². The second-order valence-electron chi connectivity index (χ2n) is 3.21. The van der Waals surface area contributed by atoms with Gasteiger partial charge in [-0.25, -0.2) is 0 Å². The topological polar surface area (TPSA) is 52.6 Å². The third-order valence-electron chi connectivity index (χ3n) is 1.88. The normalized spacial score (nSPS) is 11.6. The molecule has 0 atom stereocenters. The van der Waals surface area contributed by atoms with Gasteiger partial charge in [0.1, 0.15) is 5.75 Å². The first kappa shape index (κ1) is 13.2. The molecule has 0 saturated carbocycles. The highest BCUT2D eigenvalue weighted by Crippen LogP contribution is 2.06. The van der Waals surface area contributed by atoms with E-state index in [1.807, 2.05) is 13.0 Å². The molecule has 1 rings (SSSR count). The lowest BCUT2D eigenvalue weighted by atomic mass is 10.2. The van der Waals surface area contributed by atoms with E-state index in [4.69, 9.17) is 8.92 Å². The summed E-state index contributed by atoms with van der Waals surface area (Å²) < 4.78 is 32.7. The Hall–Kier alpha value is -0.910. The number of ether oxygens (including phenoxy) is 1. The minimum Gasteiger partial charge on any atom is -0.379 e. The lowest BCUT2D eigenvalue weighted by Gasteiger charge is -2.05. The summed E-state index contributed by atoms with van der Waals surface area (Å²) in [6.07, 6.45) is 0. The predicted molar refractivity (Wildman–Crippen MR) is 61.5 cm³/mol. The minimum atomic E-state index is -3.50. The number of benzene rings is 1. The first-order valence-electron chi connectivity index (χ1n) is 5.13. The van der Waals surface area contributed by atoms with Crippen molar-refractivity contribution in [3.05, 3.63) is 35.9 Å². The van der Waals surface area contributed by atoms with E-state index in [-0.39, 0.29) is 12.4 Å². The molecule has 1 aromatic carbocycles. The quantitative estimate of drug-likeness (QED) is 0.539. The SMILES string of the molecule is CCOCCOS(=O)(=O)Cc1ccccc1. The maximum absolute atomic E-state index is 11.5. The lowest BCUT2D eigenvalue weighted by molar-refractivity contribution is 0.112.